The molecule has 414 valence electrons. The van der Waals surface area contributed by atoms with Crippen molar-refractivity contribution in [2.75, 3.05) is 43.1 Å². The van der Waals surface area contributed by atoms with Crippen LogP contribution in [0.2, 0.25) is 19.6 Å². The summed E-state index contributed by atoms with van der Waals surface area (Å²) < 4.78 is 38.8. The van der Waals surface area contributed by atoms with Crippen LogP contribution in [0.5, 0.6) is 0 Å². The normalized spacial score (nSPS) is 21.1. The van der Waals surface area contributed by atoms with E-state index in [1.54, 1.807) is 9.80 Å². The number of carboxylic acid groups (broad SMARTS) is 1. The number of halogens is 2. The lowest BCUT2D eigenvalue weighted by Crippen LogP contribution is -2.51. The van der Waals surface area contributed by atoms with Crippen molar-refractivity contribution < 1.29 is 37.8 Å². The van der Waals surface area contributed by atoms with E-state index < -0.39 is 44.0 Å². The molecule has 78 heavy (non-hydrogen) atoms. The number of alkyl carbamates (subject to hydrolysis) is 1. The number of imidazole rings is 2. The number of hydrogen-bond acceptors (Lipinski definition) is 9. The zero-order valence-electron chi connectivity index (χ0n) is 46.0. The number of aromatic amines is 2. The first kappa shape index (κ1) is 54.3. The SMILES string of the molecule is COC(=O)N[C@H](C(=O)N1CCC[C@H]1c1nc2ccc([C@H]3CC[C@H](c4ccc5nc([C@@H]6CCCN6C(=O)[C@@H](NC(=O)O)C(C)C)[nH]c5c4)N3c3cc(F)c(N4CCC(c5ccc([Si](C)(C)C)cc5)CC4)c(F)c3)cc2[nH]1)C(C)C. The molecule has 4 aliphatic rings. The summed E-state index contributed by atoms with van der Waals surface area (Å²) in [5, 5.41) is 16.1. The number of hydrogen-bond donors (Lipinski definition) is 5. The predicted molar refractivity (Wildman–Crippen MR) is 301 cm³/mol. The number of aromatic nitrogens is 4. The largest absolute Gasteiger partial charge is 0.465 e. The molecule has 0 radical (unpaired) electrons. The van der Waals surface area contributed by atoms with E-state index >= 15 is 8.78 Å². The molecule has 0 saturated carbocycles. The molecule has 0 aliphatic carbocycles. The van der Waals surface area contributed by atoms with Crippen LogP contribution in [-0.2, 0) is 14.3 Å². The first-order valence-electron chi connectivity index (χ1n) is 27.8. The lowest BCUT2D eigenvalue weighted by Gasteiger charge is -2.36. The van der Waals surface area contributed by atoms with Crippen LogP contribution in [0.4, 0.5) is 29.7 Å². The first-order valence-corrected chi connectivity index (χ1v) is 31.3. The number of amides is 4. The van der Waals surface area contributed by atoms with E-state index in [4.69, 9.17) is 14.7 Å². The molecule has 4 fully saturated rings. The predicted octanol–water partition coefficient (Wildman–Crippen LogP) is 10.7. The molecule has 4 saturated heterocycles. The molecule has 10 rings (SSSR count). The number of H-pyrrole nitrogens is 2. The van der Waals surface area contributed by atoms with Gasteiger partial charge in [-0.2, -0.15) is 0 Å². The zero-order valence-corrected chi connectivity index (χ0v) is 47.0. The van der Waals surface area contributed by atoms with Crippen LogP contribution in [0.3, 0.4) is 0 Å². The van der Waals surface area contributed by atoms with Crippen LogP contribution in [-0.4, -0.2) is 112 Å². The number of benzene rings is 4. The number of likely N-dealkylation sites (tertiary alicyclic amines) is 2. The number of anilines is 2. The first-order chi connectivity index (χ1) is 37.3. The number of nitrogens with one attached hydrogen (secondary N) is 4. The fraction of sp³-hybridized carbons (Fsp3) is 0.492. The standard InChI is InChI=1S/C59H74F2N10O6Si/c1-33(2)51(66-58(74)75)56(72)69-25-9-11-49(69)54-62-43-19-15-37(29-45(43)64-54)47-21-22-48(38-16-20-44-46(30-38)65-55(63-44)50-12-10-26-70(50)57(73)52(34(3)4)67-59(76)77-5)71(47)39-31-41(60)53(42(61)32-39)68-27-23-36(24-28-68)35-13-17-40(18-14-35)78(6,7)8/h13-20,29-34,36,47-52,66H,9-12,21-28H2,1-8H3,(H,62,64)(H,63,65)(H,67,76)(H,74,75)/t47-,48-,49+,50+,51+,52+/m1/s1. The van der Waals surface area contributed by atoms with Gasteiger partial charge in [0.1, 0.15) is 29.4 Å². The number of carbonyl (C=O) groups is 4. The number of nitrogens with zero attached hydrogens (tertiary/aromatic N) is 6. The van der Waals surface area contributed by atoms with Gasteiger partial charge in [-0.05, 0) is 122 Å². The van der Waals surface area contributed by atoms with E-state index in [1.807, 2.05) is 62.9 Å². The maximum Gasteiger partial charge on any atom is 0.407 e. The highest BCUT2D eigenvalue weighted by Gasteiger charge is 2.41. The molecule has 4 amide bonds. The molecule has 5 N–H and O–H groups in total. The lowest BCUT2D eigenvalue weighted by molar-refractivity contribution is -0.136. The quantitative estimate of drug-likeness (QED) is 0.0656. The van der Waals surface area contributed by atoms with Gasteiger partial charge in [-0.25, -0.2) is 28.3 Å². The highest BCUT2D eigenvalue weighted by molar-refractivity contribution is 6.88. The summed E-state index contributed by atoms with van der Waals surface area (Å²) in [4.78, 5) is 76.3. The van der Waals surface area contributed by atoms with Gasteiger partial charge in [0.25, 0.3) is 0 Å². The van der Waals surface area contributed by atoms with Gasteiger partial charge in [0, 0.05) is 31.9 Å². The topological polar surface area (TPSA) is 192 Å². The molecule has 0 bridgehead atoms. The van der Waals surface area contributed by atoms with Gasteiger partial charge in [-0.1, -0.05) is 88.9 Å². The average molecular weight is 1090 g/mol. The molecule has 6 atom stereocenters. The Balaban J connectivity index is 0.959. The van der Waals surface area contributed by atoms with E-state index in [9.17, 15) is 24.3 Å². The Kier molecular flexibility index (Phi) is 15.3. The Bertz CT molecular complexity index is 3180. The van der Waals surface area contributed by atoms with Gasteiger partial charge >= 0.3 is 12.2 Å². The summed E-state index contributed by atoms with van der Waals surface area (Å²) in [6.07, 6.45) is 3.85. The molecule has 4 aromatic carbocycles. The Hall–Kier alpha value is -7.02. The van der Waals surface area contributed by atoms with Crippen molar-refractivity contribution in [2.24, 2.45) is 11.8 Å². The lowest BCUT2D eigenvalue weighted by atomic mass is 9.89. The van der Waals surface area contributed by atoms with Crippen LogP contribution >= 0.6 is 0 Å². The number of rotatable bonds is 14. The summed E-state index contributed by atoms with van der Waals surface area (Å²) in [7, 11) is -0.173. The maximum absolute atomic E-state index is 17.0. The number of ether oxygens (including phenoxy) is 1. The minimum Gasteiger partial charge on any atom is -0.465 e. The third kappa shape index (κ3) is 10.8. The zero-order chi connectivity index (χ0) is 55.3. The molecule has 4 aliphatic heterocycles. The average Bonchev–Trinajstić information content (AvgIpc) is 4.43. The van der Waals surface area contributed by atoms with Crippen molar-refractivity contribution in [2.45, 2.75) is 141 Å². The summed E-state index contributed by atoms with van der Waals surface area (Å²) in [6, 6.07) is 21.0. The number of piperidine rings is 1. The second kappa shape index (κ2) is 22.0. The fourth-order valence-electron chi connectivity index (χ4n) is 12.7. The molecule has 0 unspecified atom stereocenters. The van der Waals surface area contributed by atoms with E-state index in [-0.39, 0.29) is 53.5 Å². The third-order valence-electron chi connectivity index (χ3n) is 16.9. The van der Waals surface area contributed by atoms with E-state index in [0.717, 1.165) is 53.4 Å². The van der Waals surface area contributed by atoms with Crippen molar-refractivity contribution in [3.63, 3.8) is 0 Å². The molecule has 6 heterocycles. The van der Waals surface area contributed by atoms with Crippen LogP contribution in [0.1, 0.15) is 137 Å². The van der Waals surface area contributed by atoms with E-state index in [1.165, 1.54) is 30.0 Å². The summed E-state index contributed by atoms with van der Waals surface area (Å²) >= 11 is 0. The summed E-state index contributed by atoms with van der Waals surface area (Å²) in [5.74, 6) is -0.571. The number of carbonyl (C=O) groups excluding carboxylic acids is 3. The highest BCUT2D eigenvalue weighted by atomic mass is 28.3. The molecular formula is C59H74F2N10O6Si. The smallest absolute Gasteiger partial charge is 0.407 e. The summed E-state index contributed by atoms with van der Waals surface area (Å²) in [6.45, 7) is 16.5. The van der Waals surface area contributed by atoms with Crippen molar-refractivity contribution in [3.8, 4) is 0 Å². The third-order valence-corrected chi connectivity index (χ3v) is 18.9. The number of methoxy groups -OCH3 is 1. The van der Waals surface area contributed by atoms with Gasteiger partial charge in [-0.3, -0.25) is 9.59 Å². The van der Waals surface area contributed by atoms with E-state index in [2.05, 4.69) is 75.5 Å². The van der Waals surface area contributed by atoms with Gasteiger partial charge in [-0.15, -0.1) is 0 Å². The molecular weight excluding hydrogens is 1010 g/mol. The van der Waals surface area contributed by atoms with Gasteiger partial charge < -0.3 is 50.0 Å². The molecule has 16 nitrogen and oxygen atoms in total. The Morgan fingerprint density at radius 3 is 1.56 bits per heavy atom. The van der Waals surface area contributed by atoms with E-state index in [0.29, 0.717) is 80.6 Å². The van der Waals surface area contributed by atoms with Gasteiger partial charge in [0.05, 0.1) is 61.4 Å². The fourth-order valence-corrected chi connectivity index (χ4v) is 13.8. The van der Waals surface area contributed by atoms with Crippen molar-refractivity contribution in [1.82, 2.24) is 40.4 Å². The second-order valence-electron chi connectivity index (χ2n) is 23.6. The van der Waals surface area contributed by atoms with Crippen molar-refractivity contribution in [1.29, 1.82) is 0 Å². The molecule has 2 aromatic heterocycles. The maximum atomic E-state index is 17.0. The van der Waals surface area contributed by atoms with Crippen molar-refractivity contribution >= 4 is 70.7 Å². The second-order valence-corrected chi connectivity index (χ2v) is 28.7. The van der Waals surface area contributed by atoms with Crippen LogP contribution in [0.15, 0.2) is 72.8 Å². The minimum absolute atomic E-state index is 0.00507. The summed E-state index contributed by atoms with van der Waals surface area (Å²) in [5.41, 5.74) is 6.49. The van der Waals surface area contributed by atoms with Crippen LogP contribution < -0.4 is 25.6 Å². The Labute approximate surface area is 455 Å². The number of fused-ring (bicyclic) bond motifs is 2. The Morgan fingerprint density at radius 1 is 0.641 bits per heavy atom. The molecule has 0 spiro atoms. The van der Waals surface area contributed by atoms with Crippen molar-refractivity contribution in [3.05, 3.63) is 113 Å². The molecule has 19 heteroatoms. The van der Waals surface area contributed by atoms with Crippen LogP contribution in [0, 0.1) is 23.5 Å². The Morgan fingerprint density at radius 2 is 1.12 bits per heavy atom. The van der Waals surface area contributed by atoms with Crippen LogP contribution in [0.25, 0.3) is 22.1 Å². The van der Waals surface area contributed by atoms with Gasteiger partial charge in [0.15, 0.2) is 11.6 Å². The highest BCUT2D eigenvalue weighted by Crippen LogP contribution is 2.49. The monoisotopic (exact) mass is 1080 g/mol. The minimum atomic E-state index is -1.45. The molecule has 6 aromatic rings. The van der Waals surface area contributed by atoms with Gasteiger partial charge in [0.2, 0.25) is 11.8 Å².